The van der Waals surface area contributed by atoms with Crippen molar-refractivity contribution in [1.29, 1.82) is 0 Å². The largest absolute Gasteiger partial charge is 0.374 e. The van der Waals surface area contributed by atoms with Gasteiger partial charge in [-0.05, 0) is 32.6 Å². The summed E-state index contributed by atoms with van der Waals surface area (Å²) in [7, 11) is 0. The van der Waals surface area contributed by atoms with Gasteiger partial charge in [0.05, 0.1) is 5.60 Å². The maximum absolute atomic E-state index is 5.99. The van der Waals surface area contributed by atoms with E-state index in [1.807, 2.05) is 0 Å². The van der Waals surface area contributed by atoms with Gasteiger partial charge in [0.15, 0.2) is 0 Å². The van der Waals surface area contributed by atoms with Crippen LogP contribution in [0.25, 0.3) is 0 Å². The van der Waals surface area contributed by atoms with Crippen LogP contribution in [0.5, 0.6) is 0 Å². The van der Waals surface area contributed by atoms with Gasteiger partial charge in [-0.15, -0.1) is 0 Å². The molecular formula is C16H34N2O. The Morgan fingerprint density at radius 3 is 2.37 bits per heavy atom. The van der Waals surface area contributed by atoms with Gasteiger partial charge in [-0.2, -0.15) is 0 Å². The van der Waals surface area contributed by atoms with E-state index in [1.165, 1.54) is 57.8 Å². The Morgan fingerprint density at radius 2 is 1.79 bits per heavy atom. The van der Waals surface area contributed by atoms with Crippen LogP contribution in [0.1, 0.15) is 84.5 Å². The SMILES string of the molecule is CCCCCCCCCC(NN)C1(C)CCCCO1. The third-order valence-corrected chi connectivity index (χ3v) is 4.53. The summed E-state index contributed by atoms with van der Waals surface area (Å²) in [5.74, 6) is 5.74. The van der Waals surface area contributed by atoms with E-state index in [0.717, 1.165) is 19.4 Å². The lowest BCUT2D eigenvalue weighted by atomic mass is 9.85. The highest BCUT2D eigenvalue weighted by Gasteiger charge is 2.35. The summed E-state index contributed by atoms with van der Waals surface area (Å²) in [6.07, 6.45) is 14.2. The summed E-state index contributed by atoms with van der Waals surface area (Å²) < 4.78 is 5.99. The summed E-state index contributed by atoms with van der Waals surface area (Å²) in [4.78, 5) is 0. The van der Waals surface area contributed by atoms with Gasteiger partial charge in [-0.3, -0.25) is 11.3 Å². The van der Waals surface area contributed by atoms with E-state index in [1.54, 1.807) is 0 Å². The van der Waals surface area contributed by atoms with Crippen molar-refractivity contribution in [2.24, 2.45) is 5.84 Å². The molecule has 1 fully saturated rings. The van der Waals surface area contributed by atoms with Gasteiger partial charge in [0.25, 0.3) is 0 Å². The molecule has 1 heterocycles. The number of ether oxygens (including phenoxy) is 1. The minimum absolute atomic E-state index is 0.0464. The van der Waals surface area contributed by atoms with Gasteiger partial charge in [0.2, 0.25) is 0 Å². The molecule has 19 heavy (non-hydrogen) atoms. The van der Waals surface area contributed by atoms with Crippen molar-refractivity contribution in [2.45, 2.75) is 96.1 Å². The molecule has 1 rings (SSSR count). The molecule has 3 nitrogen and oxygen atoms in total. The van der Waals surface area contributed by atoms with Crippen LogP contribution in [-0.2, 0) is 4.74 Å². The average molecular weight is 270 g/mol. The van der Waals surface area contributed by atoms with Crippen molar-refractivity contribution >= 4 is 0 Å². The molecule has 3 heteroatoms. The van der Waals surface area contributed by atoms with E-state index in [2.05, 4.69) is 19.3 Å². The second-order valence-corrected chi connectivity index (χ2v) is 6.25. The quantitative estimate of drug-likeness (QED) is 0.359. The predicted molar refractivity (Wildman–Crippen MR) is 81.9 cm³/mol. The number of nitrogens with two attached hydrogens (primary N) is 1. The third-order valence-electron chi connectivity index (χ3n) is 4.53. The number of hydrogen-bond donors (Lipinski definition) is 2. The normalized spacial score (nSPS) is 25.4. The minimum Gasteiger partial charge on any atom is -0.374 e. The molecule has 3 N–H and O–H groups in total. The fraction of sp³-hybridized carbons (Fsp3) is 1.00. The van der Waals surface area contributed by atoms with E-state index < -0.39 is 0 Å². The van der Waals surface area contributed by atoms with Crippen molar-refractivity contribution in [1.82, 2.24) is 5.43 Å². The summed E-state index contributed by atoms with van der Waals surface area (Å²) >= 11 is 0. The van der Waals surface area contributed by atoms with Crippen LogP contribution < -0.4 is 11.3 Å². The molecule has 0 amide bonds. The lowest BCUT2D eigenvalue weighted by Crippen LogP contribution is -2.54. The number of hydrogen-bond acceptors (Lipinski definition) is 3. The van der Waals surface area contributed by atoms with Crippen molar-refractivity contribution in [3.8, 4) is 0 Å². The first-order valence-corrected chi connectivity index (χ1v) is 8.33. The predicted octanol–water partition coefficient (Wildman–Crippen LogP) is 3.92. The Kier molecular flexibility index (Phi) is 8.67. The molecule has 0 spiro atoms. The molecule has 1 aliphatic rings. The Labute approximate surface area is 119 Å². The van der Waals surface area contributed by atoms with Gasteiger partial charge in [0, 0.05) is 12.6 Å². The topological polar surface area (TPSA) is 47.3 Å². The molecule has 2 unspecified atom stereocenters. The fourth-order valence-electron chi connectivity index (χ4n) is 3.10. The van der Waals surface area contributed by atoms with E-state index in [-0.39, 0.29) is 5.60 Å². The van der Waals surface area contributed by atoms with Gasteiger partial charge < -0.3 is 4.74 Å². The van der Waals surface area contributed by atoms with Gasteiger partial charge in [0.1, 0.15) is 0 Å². The molecule has 0 bridgehead atoms. The Balaban J connectivity index is 2.14. The third kappa shape index (κ3) is 6.24. The highest BCUT2D eigenvalue weighted by molar-refractivity contribution is 4.90. The van der Waals surface area contributed by atoms with Crippen molar-refractivity contribution in [3.05, 3.63) is 0 Å². The van der Waals surface area contributed by atoms with Crippen LogP contribution in [0.4, 0.5) is 0 Å². The molecular weight excluding hydrogens is 236 g/mol. The van der Waals surface area contributed by atoms with Crippen LogP contribution in [-0.4, -0.2) is 18.2 Å². The first kappa shape index (κ1) is 16.9. The van der Waals surface area contributed by atoms with Crippen LogP contribution in [0.2, 0.25) is 0 Å². The zero-order chi connectivity index (χ0) is 14.0. The molecule has 0 radical (unpaired) electrons. The Hall–Kier alpha value is -0.120. The monoisotopic (exact) mass is 270 g/mol. The average Bonchev–Trinajstić information content (AvgIpc) is 2.42. The number of unbranched alkanes of at least 4 members (excludes halogenated alkanes) is 6. The highest BCUT2D eigenvalue weighted by atomic mass is 16.5. The van der Waals surface area contributed by atoms with E-state index in [9.17, 15) is 0 Å². The Morgan fingerprint density at radius 1 is 1.11 bits per heavy atom. The molecule has 2 atom stereocenters. The van der Waals surface area contributed by atoms with Crippen LogP contribution in [0.15, 0.2) is 0 Å². The molecule has 114 valence electrons. The lowest BCUT2D eigenvalue weighted by Gasteiger charge is -2.40. The summed E-state index contributed by atoms with van der Waals surface area (Å²) in [6, 6.07) is 0.309. The second-order valence-electron chi connectivity index (χ2n) is 6.25. The summed E-state index contributed by atoms with van der Waals surface area (Å²) in [5, 5.41) is 0. The van der Waals surface area contributed by atoms with Crippen molar-refractivity contribution < 1.29 is 4.74 Å². The molecule has 0 aliphatic carbocycles. The molecule has 0 saturated carbocycles. The first-order valence-electron chi connectivity index (χ1n) is 8.33. The maximum Gasteiger partial charge on any atom is 0.0820 e. The van der Waals surface area contributed by atoms with E-state index in [4.69, 9.17) is 10.6 Å². The molecule has 1 aliphatic heterocycles. The summed E-state index contributed by atoms with van der Waals surface area (Å²) in [5.41, 5.74) is 2.95. The van der Waals surface area contributed by atoms with Gasteiger partial charge >= 0.3 is 0 Å². The maximum atomic E-state index is 5.99. The van der Waals surface area contributed by atoms with E-state index in [0.29, 0.717) is 6.04 Å². The first-order chi connectivity index (χ1) is 9.23. The van der Waals surface area contributed by atoms with E-state index >= 15 is 0 Å². The molecule has 1 saturated heterocycles. The second kappa shape index (κ2) is 9.73. The highest BCUT2D eigenvalue weighted by Crippen LogP contribution is 2.30. The van der Waals surface area contributed by atoms with Crippen LogP contribution in [0.3, 0.4) is 0 Å². The zero-order valence-electron chi connectivity index (χ0n) is 13.0. The molecule has 0 aromatic heterocycles. The lowest BCUT2D eigenvalue weighted by molar-refractivity contribution is -0.0904. The standard InChI is InChI=1S/C16H34N2O/c1-3-4-5-6-7-8-9-12-15(18-17)16(2)13-10-11-14-19-16/h15,18H,3-14,17H2,1-2H3. The summed E-state index contributed by atoms with van der Waals surface area (Å²) in [6.45, 7) is 5.38. The molecule has 0 aromatic carbocycles. The van der Waals surface area contributed by atoms with Gasteiger partial charge in [-0.25, -0.2) is 0 Å². The zero-order valence-corrected chi connectivity index (χ0v) is 13.0. The number of nitrogens with one attached hydrogen (secondary N) is 1. The van der Waals surface area contributed by atoms with Crippen LogP contribution >= 0.6 is 0 Å². The Bertz CT molecular complexity index is 215. The van der Waals surface area contributed by atoms with Crippen molar-refractivity contribution in [3.63, 3.8) is 0 Å². The minimum atomic E-state index is -0.0464. The number of rotatable bonds is 10. The smallest absolute Gasteiger partial charge is 0.0820 e. The van der Waals surface area contributed by atoms with Gasteiger partial charge in [-0.1, -0.05) is 51.9 Å². The van der Waals surface area contributed by atoms with Crippen LogP contribution in [0, 0.1) is 0 Å². The molecule has 0 aromatic rings. The fourth-order valence-corrected chi connectivity index (χ4v) is 3.10. The van der Waals surface area contributed by atoms with Crippen molar-refractivity contribution in [2.75, 3.05) is 6.61 Å². The number of hydrazine groups is 1.